The second-order valence-electron chi connectivity index (χ2n) is 5.19. The van der Waals surface area contributed by atoms with Gasteiger partial charge in [0.25, 0.3) is 0 Å². The lowest BCUT2D eigenvalue weighted by molar-refractivity contribution is 0.101. The summed E-state index contributed by atoms with van der Waals surface area (Å²) in [5.74, 6) is 0.771. The van der Waals surface area contributed by atoms with E-state index >= 15 is 0 Å². The van der Waals surface area contributed by atoms with E-state index in [4.69, 9.17) is 4.74 Å². The molecule has 0 atom stereocenters. The van der Waals surface area contributed by atoms with Gasteiger partial charge in [0, 0.05) is 6.04 Å². The Hall–Kier alpha value is -1.89. The second-order valence-corrected chi connectivity index (χ2v) is 6.13. The highest BCUT2D eigenvalue weighted by Gasteiger charge is 2.28. The van der Waals surface area contributed by atoms with Crippen molar-refractivity contribution in [3.63, 3.8) is 0 Å². The minimum absolute atomic E-state index is 0.171. The fraction of sp³-hybridized carbons (Fsp3) is 0.400. The van der Waals surface area contributed by atoms with Gasteiger partial charge in [-0.1, -0.05) is 11.8 Å². The molecule has 0 radical (unpaired) electrons. The average Bonchev–Trinajstić information content (AvgIpc) is 3.28. The number of benzene rings is 1. The molecule has 0 N–H and O–H groups in total. The van der Waals surface area contributed by atoms with Gasteiger partial charge >= 0.3 is 0 Å². The summed E-state index contributed by atoms with van der Waals surface area (Å²) in [6.07, 6.45) is 2.25. The van der Waals surface area contributed by atoms with Gasteiger partial charge in [-0.2, -0.15) is 0 Å². The summed E-state index contributed by atoms with van der Waals surface area (Å²) in [6.45, 7) is 1.91. The summed E-state index contributed by atoms with van der Waals surface area (Å²) in [6, 6.07) is 4.40. The Morgan fingerprint density at radius 2 is 2.23 bits per heavy atom. The molecule has 5 nitrogen and oxygen atoms in total. The van der Waals surface area contributed by atoms with Crippen LogP contribution in [0, 0.1) is 12.7 Å². The number of aromatic nitrogens is 3. The normalized spacial score (nSPS) is 14.1. The number of methoxy groups -OCH3 is 1. The van der Waals surface area contributed by atoms with Crippen molar-refractivity contribution < 1.29 is 13.9 Å². The molecule has 1 saturated carbocycles. The smallest absolute Gasteiger partial charge is 0.191 e. The number of hydrogen-bond acceptors (Lipinski definition) is 5. The minimum atomic E-state index is -0.453. The quantitative estimate of drug-likeness (QED) is 0.604. The third-order valence-corrected chi connectivity index (χ3v) is 4.48. The van der Waals surface area contributed by atoms with Crippen molar-refractivity contribution in [2.45, 2.75) is 31.0 Å². The molecule has 0 bridgehead atoms. The molecule has 0 spiro atoms. The highest BCUT2D eigenvalue weighted by atomic mass is 32.2. The Morgan fingerprint density at radius 3 is 2.91 bits per heavy atom. The Bertz CT molecular complexity index is 713. The van der Waals surface area contributed by atoms with Gasteiger partial charge in [0.05, 0.1) is 18.4 Å². The Kier molecular flexibility index (Phi) is 4.15. The molecule has 0 unspecified atom stereocenters. The zero-order valence-corrected chi connectivity index (χ0v) is 13.2. The lowest BCUT2D eigenvalue weighted by Gasteiger charge is -2.08. The summed E-state index contributed by atoms with van der Waals surface area (Å²) in [7, 11) is 1.46. The average molecular weight is 321 g/mol. The van der Waals surface area contributed by atoms with E-state index in [2.05, 4.69) is 14.8 Å². The van der Waals surface area contributed by atoms with Gasteiger partial charge in [-0.05, 0) is 38.0 Å². The zero-order valence-electron chi connectivity index (χ0n) is 12.4. The van der Waals surface area contributed by atoms with Crippen LogP contribution in [0.25, 0.3) is 0 Å². The zero-order chi connectivity index (χ0) is 15.7. The number of ketones is 1. The fourth-order valence-corrected chi connectivity index (χ4v) is 3.24. The lowest BCUT2D eigenvalue weighted by atomic mass is 10.1. The largest absolute Gasteiger partial charge is 0.496 e. The van der Waals surface area contributed by atoms with Crippen LogP contribution in [0.1, 0.15) is 35.1 Å². The molecule has 0 saturated heterocycles. The standard InChI is InChI=1S/C15H16FN3O2S/c1-9-17-18-15(19(9)11-4-5-11)22-8-13(20)12-7-10(16)3-6-14(12)21-2/h3,6-7,11H,4-5,8H2,1-2H3. The van der Waals surface area contributed by atoms with Gasteiger partial charge in [-0.25, -0.2) is 4.39 Å². The van der Waals surface area contributed by atoms with Crippen LogP contribution in [-0.2, 0) is 0 Å². The maximum absolute atomic E-state index is 13.3. The second kappa shape index (κ2) is 6.08. The maximum atomic E-state index is 13.3. The summed E-state index contributed by atoms with van der Waals surface area (Å²) in [5.41, 5.74) is 0.254. The topological polar surface area (TPSA) is 57.0 Å². The first-order valence-electron chi connectivity index (χ1n) is 7.01. The number of halogens is 1. The first-order chi connectivity index (χ1) is 10.6. The number of rotatable bonds is 6. The molecule has 22 heavy (non-hydrogen) atoms. The minimum Gasteiger partial charge on any atom is -0.496 e. The van der Waals surface area contributed by atoms with Gasteiger partial charge in [0.15, 0.2) is 10.9 Å². The van der Waals surface area contributed by atoms with Gasteiger partial charge < -0.3 is 9.30 Å². The van der Waals surface area contributed by atoms with E-state index in [0.717, 1.165) is 23.8 Å². The molecule has 1 fully saturated rings. The fourth-order valence-electron chi connectivity index (χ4n) is 2.31. The van der Waals surface area contributed by atoms with E-state index in [1.165, 1.54) is 37.1 Å². The van der Waals surface area contributed by atoms with Crippen LogP contribution in [0.4, 0.5) is 4.39 Å². The summed E-state index contributed by atoms with van der Waals surface area (Å²) in [4.78, 5) is 12.3. The molecule has 1 aromatic carbocycles. The third-order valence-electron chi connectivity index (χ3n) is 3.54. The van der Waals surface area contributed by atoms with Gasteiger partial charge in [-0.15, -0.1) is 10.2 Å². The highest BCUT2D eigenvalue weighted by Crippen LogP contribution is 2.38. The van der Waals surface area contributed by atoms with Crippen molar-refractivity contribution in [2.75, 3.05) is 12.9 Å². The van der Waals surface area contributed by atoms with E-state index in [-0.39, 0.29) is 17.1 Å². The predicted octanol–water partition coefficient (Wildman–Crippen LogP) is 3.04. The molecule has 1 aliphatic rings. The van der Waals surface area contributed by atoms with Crippen LogP contribution >= 0.6 is 11.8 Å². The number of Topliss-reactive ketones (excluding diaryl/α,β-unsaturated/α-hetero) is 1. The lowest BCUT2D eigenvalue weighted by Crippen LogP contribution is -2.07. The summed E-state index contributed by atoms with van der Waals surface area (Å²) in [5, 5.41) is 8.93. The van der Waals surface area contributed by atoms with Gasteiger partial charge in [-0.3, -0.25) is 4.79 Å². The molecule has 0 aliphatic heterocycles. The van der Waals surface area contributed by atoms with Crippen LogP contribution in [-0.4, -0.2) is 33.4 Å². The van der Waals surface area contributed by atoms with Crippen molar-refractivity contribution in [2.24, 2.45) is 0 Å². The third kappa shape index (κ3) is 2.99. The SMILES string of the molecule is COc1ccc(F)cc1C(=O)CSc1nnc(C)n1C1CC1. The molecule has 1 aromatic heterocycles. The molecule has 2 aromatic rings. The number of carbonyl (C=O) groups excluding carboxylic acids is 1. The molecule has 1 heterocycles. The van der Waals surface area contributed by atoms with Crippen molar-refractivity contribution in [1.29, 1.82) is 0 Å². The molecular formula is C15H16FN3O2S. The number of nitrogens with zero attached hydrogens (tertiary/aromatic N) is 3. The van der Waals surface area contributed by atoms with Crippen LogP contribution in [0.15, 0.2) is 23.4 Å². The van der Waals surface area contributed by atoms with Crippen LogP contribution in [0.5, 0.6) is 5.75 Å². The monoisotopic (exact) mass is 321 g/mol. The van der Waals surface area contributed by atoms with Crippen LogP contribution in [0.2, 0.25) is 0 Å². The molecule has 7 heteroatoms. The van der Waals surface area contributed by atoms with Crippen molar-refractivity contribution >= 4 is 17.5 Å². The highest BCUT2D eigenvalue weighted by molar-refractivity contribution is 7.99. The number of ether oxygens (including phenoxy) is 1. The molecule has 0 amide bonds. The van der Waals surface area contributed by atoms with E-state index in [0.29, 0.717) is 11.8 Å². The Labute approximate surface area is 131 Å². The summed E-state index contributed by atoms with van der Waals surface area (Å²) >= 11 is 1.33. The molecule has 3 rings (SSSR count). The van der Waals surface area contributed by atoms with E-state index in [9.17, 15) is 9.18 Å². The van der Waals surface area contributed by atoms with Crippen molar-refractivity contribution in [3.8, 4) is 5.75 Å². The Morgan fingerprint density at radius 1 is 1.45 bits per heavy atom. The van der Waals surface area contributed by atoms with E-state index in [1.54, 1.807) is 0 Å². The van der Waals surface area contributed by atoms with Gasteiger partial charge in [0.1, 0.15) is 17.4 Å². The van der Waals surface area contributed by atoms with Crippen molar-refractivity contribution in [3.05, 3.63) is 35.4 Å². The molecule has 116 valence electrons. The number of hydrogen-bond donors (Lipinski definition) is 0. The van der Waals surface area contributed by atoms with E-state index in [1.807, 2.05) is 6.92 Å². The number of carbonyl (C=O) groups is 1. The number of aryl methyl sites for hydroxylation is 1. The van der Waals surface area contributed by atoms with Crippen LogP contribution in [0.3, 0.4) is 0 Å². The summed E-state index contributed by atoms with van der Waals surface area (Å²) < 4.78 is 20.5. The first-order valence-corrected chi connectivity index (χ1v) is 7.99. The van der Waals surface area contributed by atoms with Crippen molar-refractivity contribution in [1.82, 2.24) is 14.8 Å². The van der Waals surface area contributed by atoms with E-state index < -0.39 is 5.82 Å². The first kappa shape index (κ1) is 15.0. The van der Waals surface area contributed by atoms with Gasteiger partial charge in [0.2, 0.25) is 0 Å². The molecule has 1 aliphatic carbocycles. The Balaban J connectivity index is 1.74. The van der Waals surface area contributed by atoms with Crippen LogP contribution < -0.4 is 4.74 Å². The maximum Gasteiger partial charge on any atom is 0.191 e. The molecular weight excluding hydrogens is 305 g/mol. The number of thioether (sulfide) groups is 1. The predicted molar refractivity (Wildman–Crippen MR) is 81.0 cm³/mol.